The van der Waals surface area contributed by atoms with Gasteiger partial charge in [0.1, 0.15) is 5.69 Å². The van der Waals surface area contributed by atoms with Gasteiger partial charge in [0, 0.05) is 19.8 Å². The van der Waals surface area contributed by atoms with Crippen LogP contribution in [0.15, 0.2) is 18.3 Å². The molecule has 0 spiro atoms. The second-order valence-corrected chi connectivity index (χ2v) is 3.80. The first-order valence-electron chi connectivity index (χ1n) is 6.06. The van der Waals surface area contributed by atoms with Crippen molar-refractivity contribution in [3.05, 3.63) is 24.0 Å². The summed E-state index contributed by atoms with van der Waals surface area (Å²) in [4.78, 5) is 15.7. The molecule has 1 aromatic rings. The summed E-state index contributed by atoms with van der Waals surface area (Å²) >= 11 is 0. The standard InChI is InChI=1S/C12H20N4O2/c1-2-7-18-8-3-6-14-12(17)11-5-4-10(16-13)9-15-11/h4-5,9,16H,2-3,6-8,13H2,1H3,(H,14,17). The molecule has 0 aliphatic heterocycles. The zero-order valence-electron chi connectivity index (χ0n) is 10.6. The van der Waals surface area contributed by atoms with Crippen LogP contribution in [0.1, 0.15) is 30.3 Å². The van der Waals surface area contributed by atoms with Crippen LogP contribution in [0.3, 0.4) is 0 Å². The summed E-state index contributed by atoms with van der Waals surface area (Å²) in [7, 11) is 0. The van der Waals surface area contributed by atoms with E-state index in [2.05, 4.69) is 22.7 Å². The number of rotatable bonds is 8. The molecule has 0 saturated carbocycles. The third kappa shape index (κ3) is 5.11. The number of nitrogens with one attached hydrogen (secondary N) is 2. The summed E-state index contributed by atoms with van der Waals surface area (Å²) < 4.78 is 5.31. The maximum Gasteiger partial charge on any atom is 0.269 e. The van der Waals surface area contributed by atoms with Crippen molar-refractivity contribution in [2.45, 2.75) is 19.8 Å². The number of amides is 1. The maximum absolute atomic E-state index is 11.7. The molecule has 0 bridgehead atoms. The molecule has 0 aliphatic rings. The molecule has 100 valence electrons. The van der Waals surface area contributed by atoms with Crippen LogP contribution in [0, 0.1) is 0 Å². The number of nitrogens with zero attached hydrogens (tertiary/aromatic N) is 1. The fraction of sp³-hybridized carbons (Fsp3) is 0.500. The molecule has 6 nitrogen and oxygen atoms in total. The van der Waals surface area contributed by atoms with E-state index in [1.54, 1.807) is 12.1 Å². The van der Waals surface area contributed by atoms with Crippen molar-refractivity contribution in [1.29, 1.82) is 0 Å². The Morgan fingerprint density at radius 2 is 2.28 bits per heavy atom. The predicted molar refractivity (Wildman–Crippen MR) is 70.1 cm³/mol. The van der Waals surface area contributed by atoms with Crippen LogP contribution in [0.5, 0.6) is 0 Å². The Bertz CT molecular complexity index is 354. The van der Waals surface area contributed by atoms with Gasteiger partial charge in [0.2, 0.25) is 0 Å². The van der Waals surface area contributed by atoms with Gasteiger partial charge in [-0.1, -0.05) is 6.92 Å². The number of hydrogen-bond acceptors (Lipinski definition) is 5. The van der Waals surface area contributed by atoms with E-state index in [1.807, 2.05) is 0 Å². The van der Waals surface area contributed by atoms with E-state index in [0.29, 0.717) is 24.5 Å². The molecule has 4 N–H and O–H groups in total. The van der Waals surface area contributed by atoms with Crippen LogP contribution in [0.2, 0.25) is 0 Å². The molecule has 1 rings (SSSR count). The van der Waals surface area contributed by atoms with Crippen molar-refractivity contribution < 1.29 is 9.53 Å². The van der Waals surface area contributed by atoms with E-state index in [0.717, 1.165) is 19.4 Å². The number of carbonyl (C=O) groups excluding carboxylic acids is 1. The van der Waals surface area contributed by atoms with Gasteiger partial charge in [-0.3, -0.25) is 10.6 Å². The Hall–Kier alpha value is -1.66. The predicted octanol–water partition coefficient (Wildman–Crippen LogP) is 0.914. The van der Waals surface area contributed by atoms with Crippen molar-refractivity contribution in [3.63, 3.8) is 0 Å². The summed E-state index contributed by atoms with van der Waals surface area (Å²) in [6, 6.07) is 3.32. The highest BCUT2D eigenvalue weighted by Gasteiger charge is 2.05. The third-order valence-electron chi connectivity index (χ3n) is 2.26. The number of nitrogens with two attached hydrogens (primary N) is 1. The Labute approximate surface area is 107 Å². The molecule has 1 aromatic heterocycles. The largest absolute Gasteiger partial charge is 0.381 e. The van der Waals surface area contributed by atoms with E-state index >= 15 is 0 Å². The number of hydrazine groups is 1. The van der Waals surface area contributed by atoms with E-state index in [1.165, 1.54) is 6.20 Å². The van der Waals surface area contributed by atoms with Gasteiger partial charge in [-0.2, -0.15) is 0 Å². The van der Waals surface area contributed by atoms with Gasteiger partial charge in [-0.15, -0.1) is 0 Å². The van der Waals surface area contributed by atoms with Crippen molar-refractivity contribution in [3.8, 4) is 0 Å². The molecule has 0 radical (unpaired) electrons. The smallest absolute Gasteiger partial charge is 0.269 e. The van der Waals surface area contributed by atoms with E-state index in [-0.39, 0.29) is 5.91 Å². The zero-order chi connectivity index (χ0) is 13.2. The van der Waals surface area contributed by atoms with Crippen molar-refractivity contribution >= 4 is 11.6 Å². The number of anilines is 1. The summed E-state index contributed by atoms with van der Waals surface area (Å²) in [6.07, 6.45) is 3.32. The fourth-order valence-corrected chi connectivity index (χ4v) is 1.33. The molecule has 6 heteroatoms. The fourth-order valence-electron chi connectivity index (χ4n) is 1.33. The van der Waals surface area contributed by atoms with Gasteiger partial charge in [-0.25, -0.2) is 4.98 Å². The molecule has 18 heavy (non-hydrogen) atoms. The highest BCUT2D eigenvalue weighted by Crippen LogP contribution is 2.03. The lowest BCUT2D eigenvalue weighted by atomic mass is 10.3. The Kier molecular flexibility index (Phi) is 6.75. The molecule has 0 saturated heterocycles. The highest BCUT2D eigenvalue weighted by molar-refractivity contribution is 5.92. The molecule has 0 fully saturated rings. The van der Waals surface area contributed by atoms with Gasteiger partial charge in [0.05, 0.1) is 11.9 Å². The van der Waals surface area contributed by atoms with Gasteiger partial charge >= 0.3 is 0 Å². The maximum atomic E-state index is 11.7. The van der Waals surface area contributed by atoms with Gasteiger partial charge in [0.25, 0.3) is 5.91 Å². The average molecular weight is 252 g/mol. The SMILES string of the molecule is CCCOCCCNC(=O)c1ccc(NN)cn1. The third-order valence-corrected chi connectivity index (χ3v) is 2.26. The topological polar surface area (TPSA) is 89.3 Å². The quantitative estimate of drug-likeness (QED) is 0.363. The lowest BCUT2D eigenvalue weighted by Crippen LogP contribution is -2.26. The van der Waals surface area contributed by atoms with Crippen LogP contribution in [0.4, 0.5) is 5.69 Å². The second-order valence-electron chi connectivity index (χ2n) is 3.80. The molecule has 0 unspecified atom stereocenters. The van der Waals surface area contributed by atoms with Crippen LogP contribution in [-0.4, -0.2) is 30.6 Å². The molecular weight excluding hydrogens is 232 g/mol. The Morgan fingerprint density at radius 3 is 2.89 bits per heavy atom. The summed E-state index contributed by atoms with van der Waals surface area (Å²) in [5, 5.41) is 2.78. The van der Waals surface area contributed by atoms with Gasteiger partial charge in [0.15, 0.2) is 0 Å². The summed E-state index contributed by atoms with van der Waals surface area (Å²) in [5.74, 6) is 5.02. The van der Waals surface area contributed by atoms with E-state index < -0.39 is 0 Å². The Balaban J connectivity index is 2.23. The van der Waals surface area contributed by atoms with Crippen LogP contribution in [0.25, 0.3) is 0 Å². The van der Waals surface area contributed by atoms with Crippen LogP contribution >= 0.6 is 0 Å². The minimum atomic E-state index is -0.186. The minimum Gasteiger partial charge on any atom is -0.381 e. The molecule has 0 aromatic carbocycles. The van der Waals surface area contributed by atoms with Crippen molar-refractivity contribution in [2.75, 3.05) is 25.2 Å². The highest BCUT2D eigenvalue weighted by atomic mass is 16.5. The zero-order valence-corrected chi connectivity index (χ0v) is 10.6. The van der Waals surface area contributed by atoms with E-state index in [4.69, 9.17) is 10.6 Å². The number of aromatic nitrogens is 1. The van der Waals surface area contributed by atoms with Crippen LogP contribution in [-0.2, 0) is 4.74 Å². The number of nitrogen functional groups attached to an aromatic ring is 1. The molecular formula is C12H20N4O2. The number of carbonyl (C=O) groups is 1. The van der Waals surface area contributed by atoms with Gasteiger partial charge in [-0.05, 0) is 25.0 Å². The van der Waals surface area contributed by atoms with E-state index in [9.17, 15) is 4.79 Å². The molecule has 0 atom stereocenters. The first-order chi connectivity index (χ1) is 8.77. The lowest BCUT2D eigenvalue weighted by Gasteiger charge is -2.06. The minimum absolute atomic E-state index is 0.186. The first-order valence-corrected chi connectivity index (χ1v) is 6.06. The van der Waals surface area contributed by atoms with Gasteiger partial charge < -0.3 is 15.5 Å². The summed E-state index contributed by atoms with van der Waals surface area (Å²) in [5.41, 5.74) is 3.50. The molecule has 1 heterocycles. The number of hydrogen-bond donors (Lipinski definition) is 3. The summed E-state index contributed by atoms with van der Waals surface area (Å²) in [6.45, 7) is 4.08. The van der Waals surface area contributed by atoms with Crippen LogP contribution < -0.4 is 16.6 Å². The number of ether oxygens (including phenoxy) is 1. The lowest BCUT2D eigenvalue weighted by molar-refractivity contribution is 0.0936. The average Bonchev–Trinajstić information content (AvgIpc) is 2.42. The second kappa shape index (κ2) is 8.43. The van der Waals surface area contributed by atoms with Crippen molar-refractivity contribution in [1.82, 2.24) is 10.3 Å². The number of pyridine rings is 1. The normalized spacial score (nSPS) is 10.1. The molecule has 0 aliphatic carbocycles. The Morgan fingerprint density at radius 1 is 1.44 bits per heavy atom. The monoisotopic (exact) mass is 252 g/mol. The van der Waals surface area contributed by atoms with Crippen molar-refractivity contribution in [2.24, 2.45) is 5.84 Å². The molecule has 1 amide bonds. The first kappa shape index (κ1) is 14.4.